The van der Waals surface area contributed by atoms with Crippen molar-refractivity contribution in [2.45, 2.75) is 25.8 Å². The van der Waals surface area contributed by atoms with E-state index in [4.69, 9.17) is 0 Å². The average Bonchev–Trinajstić information content (AvgIpc) is 2.68. The van der Waals surface area contributed by atoms with Gasteiger partial charge in [0.05, 0.1) is 11.3 Å². The summed E-state index contributed by atoms with van der Waals surface area (Å²) in [5.41, 5.74) is 2.08. The lowest BCUT2D eigenvalue weighted by Gasteiger charge is -2.18. The Hall–Kier alpha value is -2.88. The molecule has 128 valence electrons. The molecule has 0 heterocycles. The number of para-hydroxylation sites is 1. The van der Waals surface area contributed by atoms with E-state index < -0.39 is 0 Å². The van der Waals surface area contributed by atoms with Crippen LogP contribution in [0.5, 0.6) is 0 Å². The SMILES string of the molecule is O=C(NCc1ccccc1)c1ccccc1NC(=O)[C@@H]1CC=CCC1. The molecule has 2 amide bonds. The van der Waals surface area contributed by atoms with Crippen molar-refractivity contribution in [3.05, 3.63) is 77.9 Å². The fourth-order valence-electron chi connectivity index (χ4n) is 2.93. The van der Waals surface area contributed by atoms with Crippen LogP contribution in [-0.4, -0.2) is 11.8 Å². The second-order valence-electron chi connectivity index (χ2n) is 6.18. The van der Waals surface area contributed by atoms with Gasteiger partial charge >= 0.3 is 0 Å². The van der Waals surface area contributed by atoms with Crippen molar-refractivity contribution < 1.29 is 9.59 Å². The molecule has 1 atom stereocenters. The van der Waals surface area contributed by atoms with E-state index in [1.165, 1.54) is 0 Å². The van der Waals surface area contributed by atoms with Gasteiger partial charge in [0.15, 0.2) is 0 Å². The first-order valence-corrected chi connectivity index (χ1v) is 8.61. The van der Waals surface area contributed by atoms with Gasteiger partial charge in [0.1, 0.15) is 0 Å². The standard InChI is InChI=1S/C21H22N2O2/c24-20(17-11-5-2-6-12-17)23-19-14-8-7-13-18(19)21(25)22-15-16-9-3-1-4-10-16/h1-5,7-10,13-14,17H,6,11-12,15H2,(H,22,25)(H,23,24)/t17-/m1/s1. The number of carbonyl (C=O) groups is 2. The van der Waals surface area contributed by atoms with Crippen LogP contribution >= 0.6 is 0 Å². The van der Waals surface area contributed by atoms with Crippen molar-refractivity contribution >= 4 is 17.5 Å². The van der Waals surface area contributed by atoms with Crippen LogP contribution in [0.2, 0.25) is 0 Å². The van der Waals surface area contributed by atoms with Crippen molar-refractivity contribution in [2.75, 3.05) is 5.32 Å². The molecule has 25 heavy (non-hydrogen) atoms. The normalized spacial score (nSPS) is 16.2. The number of amides is 2. The molecule has 4 nitrogen and oxygen atoms in total. The van der Waals surface area contributed by atoms with Crippen LogP contribution in [0.25, 0.3) is 0 Å². The number of rotatable bonds is 5. The van der Waals surface area contributed by atoms with Gasteiger partial charge in [0.2, 0.25) is 5.91 Å². The number of anilines is 1. The van der Waals surface area contributed by atoms with E-state index >= 15 is 0 Å². The maximum atomic E-state index is 12.5. The summed E-state index contributed by atoms with van der Waals surface area (Å²) in [6.07, 6.45) is 6.69. The maximum absolute atomic E-state index is 12.5. The number of benzene rings is 2. The van der Waals surface area contributed by atoms with Crippen LogP contribution in [0, 0.1) is 5.92 Å². The molecule has 2 aromatic rings. The first-order chi connectivity index (χ1) is 12.2. The Labute approximate surface area is 148 Å². The molecule has 2 N–H and O–H groups in total. The van der Waals surface area contributed by atoms with Gasteiger partial charge in [-0.2, -0.15) is 0 Å². The lowest BCUT2D eigenvalue weighted by atomic mass is 9.93. The molecule has 0 aromatic heterocycles. The lowest BCUT2D eigenvalue weighted by Crippen LogP contribution is -2.27. The minimum Gasteiger partial charge on any atom is -0.348 e. The molecule has 1 aliphatic carbocycles. The zero-order valence-electron chi connectivity index (χ0n) is 14.1. The topological polar surface area (TPSA) is 58.2 Å². The fourth-order valence-corrected chi connectivity index (χ4v) is 2.93. The molecule has 2 aromatic carbocycles. The summed E-state index contributed by atoms with van der Waals surface area (Å²) in [4.78, 5) is 25.0. The molecule has 1 aliphatic rings. The van der Waals surface area contributed by atoms with Crippen LogP contribution < -0.4 is 10.6 Å². The second kappa shape index (κ2) is 8.29. The van der Waals surface area contributed by atoms with Crippen LogP contribution in [0.4, 0.5) is 5.69 Å². The Kier molecular flexibility index (Phi) is 5.62. The summed E-state index contributed by atoms with van der Waals surface area (Å²) < 4.78 is 0. The van der Waals surface area contributed by atoms with Gasteiger partial charge in [-0.3, -0.25) is 9.59 Å². The zero-order valence-corrected chi connectivity index (χ0v) is 14.1. The van der Waals surface area contributed by atoms with E-state index in [0.717, 1.165) is 24.8 Å². The van der Waals surface area contributed by atoms with Crippen molar-refractivity contribution in [1.82, 2.24) is 5.32 Å². The molecular weight excluding hydrogens is 312 g/mol. The van der Waals surface area contributed by atoms with E-state index in [-0.39, 0.29) is 17.7 Å². The molecule has 0 saturated heterocycles. The molecule has 4 heteroatoms. The van der Waals surface area contributed by atoms with E-state index in [1.54, 1.807) is 18.2 Å². The highest BCUT2D eigenvalue weighted by atomic mass is 16.2. The van der Waals surface area contributed by atoms with Crippen LogP contribution in [0.15, 0.2) is 66.7 Å². The van der Waals surface area contributed by atoms with Crippen molar-refractivity contribution in [3.8, 4) is 0 Å². The number of hydrogen-bond donors (Lipinski definition) is 2. The Morgan fingerprint density at radius 3 is 2.48 bits per heavy atom. The summed E-state index contributed by atoms with van der Waals surface area (Å²) >= 11 is 0. The molecule has 0 aliphatic heterocycles. The van der Waals surface area contributed by atoms with Crippen LogP contribution in [0.3, 0.4) is 0 Å². The zero-order chi connectivity index (χ0) is 17.5. The third kappa shape index (κ3) is 4.57. The predicted molar refractivity (Wildman–Crippen MR) is 99.2 cm³/mol. The number of hydrogen-bond acceptors (Lipinski definition) is 2. The summed E-state index contributed by atoms with van der Waals surface area (Å²) in [6.45, 7) is 0.454. The van der Waals surface area contributed by atoms with E-state index in [9.17, 15) is 9.59 Å². The third-order valence-corrected chi connectivity index (χ3v) is 4.37. The van der Waals surface area contributed by atoms with E-state index in [2.05, 4.69) is 16.7 Å². The van der Waals surface area contributed by atoms with Gasteiger partial charge in [-0.25, -0.2) is 0 Å². The highest BCUT2D eigenvalue weighted by molar-refractivity contribution is 6.04. The highest BCUT2D eigenvalue weighted by Gasteiger charge is 2.20. The Morgan fingerprint density at radius 2 is 1.72 bits per heavy atom. The van der Waals surface area contributed by atoms with Gasteiger partial charge in [0.25, 0.3) is 5.91 Å². The predicted octanol–water partition coefficient (Wildman–Crippen LogP) is 3.91. The minimum absolute atomic E-state index is 0.0207. The summed E-state index contributed by atoms with van der Waals surface area (Å²) in [6, 6.07) is 16.9. The minimum atomic E-state index is -0.191. The molecule has 0 fully saturated rings. The Balaban J connectivity index is 1.66. The average molecular weight is 334 g/mol. The quantitative estimate of drug-likeness (QED) is 0.815. The van der Waals surface area contributed by atoms with Crippen molar-refractivity contribution in [1.29, 1.82) is 0 Å². The van der Waals surface area contributed by atoms with Gasteiger partial charge in [-0.05, 0) is 37.0 Å². The third-order valence-electron chi connectivity index (χ3n) is 4.37. The molecule has 0 unspecified atom stereocenters. The Bertz CT molecular complexity index is 768. The second-order valence-corrected chi connectivity index (χ2v) is 6.18. The maximum Gasteiger partial charge on any atom is 0.253 e. The fraction of sp³-hybridized carbons (Fsp3) is 0.238. The Morgan fingerprint density at radius 1 is 0.960 bits per heavy atom. The van der Waals surface area contributed by atoms with E-state index in [1.807, 2.05) is 42.5 Å². The number of nitrogens with one attached hydrogen (secondary N) is 2. The molecule has 0 saturated carbocycles. The monoisotopic (exact) mass is 334 g/mol. The molecule has 0 spiro atoms. The summed E-state index contributed by atoms with van der Waals surface area (Å²) in [7, 11) is 0. The molecule has 3 rings (SSSR count). The van der Waals surface area contributed by atoms with Gasteiger partial charge < -0.3 is 10.6 Å². The number of carbonyl (C=O) groups excluding carboxylic acids is 2. The molecule has 0 radical (unpaired) electrons. The first kappa shape index (κ1) is 17.0. The van der Waals surface area contributed by atoms with E-state index in [0.29, 0.717) is 17.8 Å². The van der Waals surface area contributed by atoms with Gasteiger partial charge in [0, 0.05) is 12.5 Å². The van der Waals surface area contributed by atoms with Crippen LogP contribution in [0.1, 0.15) is 35.2 Å². The highest BCUT2D eigenvalue weighted by Crippen LogP contribution is 2.22. The van der Waals surface area contributed by atoms with Crippen molar-refractivity contribution in [2.24, 2.45) is 5.92 Å². The molecular formula is C21H22N2O2. The lowest BCUT2D eigenvalue weighted by molar-refractivity contribution is -0.120. The smallest absolute Gasteiger partial charge is 0.253 e. The number of allylic oxidation sites excluding steroid dienone is 2. The largest absolute Gasteiger partial charge is 0.348 e. The van der Waals surface area contributed by atoms with Gasteiger partial charge in [-0.15, -0.1) is 0 Å². The van der Waals surface area contributed by atoms with Gasteiger partial charge in [-0.1, -0.05) is 54.6 Å². The summed E-state index contributed by atoms with van der Waals surface area (Å²) in [5, 5.41) is 5.83. The molecule has 0 bridgehead atoms. The van der Waals surface area contributed by atoms with Crippen molar-refractivity contribution in [3.63, 3.8) is 0 Å². The van der Waals surface area contributed by atoms with Crippen LogP contribution in [-0.2, 0) is 11.3 Å². The first-order valence-electron chi connectivity index (χ1n) is 8.61. The summed E-state index contributed by atoms with van der Waals surface area (Å²) in [5.74, 6) is -0.235.